The highest BCUT2D eigenvalue weighted by molar-refractivity contribution is 7.88. The average Bonchev–Trinajstić information content (AvgIpc) is 2.68. The molecule has 1 fully saturated rings. The summed E-state index contributed by atoms with van der Waals surface area (Å²) >= 11 is 0. The summed E-state index contributed by atoms with van der Waals surface area (Å²) in [4.78, 5) is 23.6. The van der Waals surface area contributed by atoms with Crippen LogP contribution in [0.3, 0.4) is 0 Å². The first kappa shape index (κ1) is 20.2. The Morgan fingerprint density at radius 3 is 2.61 bits per heavy atom. The molecule has 0 radical (unpaired) electrons. The van der Waals surface area contributed by atoms with Crippen LogP contribution in [0.2, 0.25) is 0 Å². The molecule has 1 aromatic carbocycles. The van der Waals surface area contributed by atoms with Gasteiger partial charge in [0, 0.05) is 37.9 Å². The summed E-state index contributed by atoms with van der Waals surface area (Å²) in [5.41, 5.74) is 1.46. The number of carbonyl (C=O) groups is 1. The first-order valence-electron chi connectivity index (χ1n) is 8.92. The normalized spacial score (nSPS) is 14.7. The highest BCUT2D eigenvalue weighted by Gasteiger charge is 2.19. The van der Waals surface area contributed by atoms with Gasteiger partial charge in [0.1, 0.15) is 0 Å². The molecular formula is C18H23N5O4S. The quantitative estimate of drug-likeness (QED) is 0.695. The van der Waals surface area contributed by atoms with Crippen LogP contribution in [0.1, 0.15) is 16.1 Å². The summed E-state index contributed by atoms with van der Waals surface area (Å²) < 4.78 is 30.5. The van der Waals surface area contributed by atoms with Crippen molar-refractivity contribution in [3.05, 3.63) is 47.8 Å². The zero-order valence-electron chi connectivity index (χ0n) is 15.6. The van der Waals surface area contributed by atoms with Gasteiger partial charge in [0.05, 0.1) is 30.7 Å². The summed E-state index contributed by atoms with van der Waals surface area (Å²) in [6.45, 7) is 2.65. The van der Waals surface area contributed by atoms with Gasteiger partial charge in [-0.3, -0.25) is 4.79 Å². The molecule has 0 bridgehead atoms. The number of sulfonamides is 1. The van der Waals surface area contributed by atoms with E-state index in [1.807, 2.05) is 23.1 Å². The molecule has 2 aromatic rings. The molecule has 0 atom stereocenters. The molecule has 150 valence electrons. The van der Waals surface area contributed by atoms with Crippen LogP contribution in [-0.2, 0) is 21.2 Å². The number of hydrogen-bond donors (Lipinski definition) is 2. The molecule has 1 aliphatic heterocycles. The van der Waals surface area contributed by atoms with Crippen LogP contribution in [0.5, 0.6) is 0 Å². The molecule has 28 heavy (non-hydrogen) atoms. The smallest absolute Gasteiger partial charge is 0.259 e. The zero-order valence-corrected chi connectivity index (χ0v) is 16.4. The minimum absolute atomic E-state index is 0.143. The Hall–Kier alpha value is -2.56. The van der Waals surface area contributed by atoms with Crippen molar-refractivity contribution in [2.24, 2.45) is 0 Å². The van der Waals surface area contributed by atoms with E-state index < -0.39 is 10.0 Å². The number of anilines is 2. The Balaban J connectivity index is 1.82. The van der Waals surface area contributed by atoms with Crippen LogP contribution in [0.15, 0.2) is 36.5 Å². The topological polar surface area (TPSA) is 114 Å². The van der Waals surface area contributed by atoms with Crippen molar-refractivity contribution < 1.29 is 17.9 Å². The van der Waals surface area contributed by atoms with Crippen molar-refractivity contribution in [1.82, 2.24) is 14.7 Å². The number of aromatic nitrogens is 2. The molecule has 0 saturated carbocycles. The highest BCUT2D eigenvalue weighted by atomic mass is 32.2. The minimum Gasteiger partial charge on any atom is -0.378 e. The van der Waals surface area contributed by atoms with E-state index in [0.29, 0.717) is 49.2 Å². The maximum absolute atomic E-state index is 12.7. The van der Waals surface area contributed by atoms with Gasteiger partial charge in [-0.2, -0.15) is 0 Å². The first-order chi connectivity index (χ1) is 13.4. The molecular weight excluding hydrogens is 382 g/mol. The van der Waals surface area contributed by atoms with Crippen LogP contribution in [0.25, 0.3) is 0 Å². The third kappa shape index (κ3) is 5.72. The fourth-order valence-electron chi connectivity index (χ4n) is 2.78. The number of ether oxygens (including phenoxy) is 1. The molecule has 1 amide bonds. The maximum Gasteiger partial charge on any atom is 0.259 e. The molecule has 3 rings (SSSR count). The molecule has 0 spiro atoms. The van der Waals surface area contributed by atoms with Gasteiger partial charge in [-0.15, -0.1) is 0 Å². The van der Waals surface area contributed by atoms with Crippen molar-refractivity contribution in [2.45, 2.75) is 6.42 Å². The molecule has 9 nitrogen and oxygen atoms in total. The predicted octanol–water partition coefficient (Wildman–Crippen LogP) is 0.657. The van der Waals surface area contributed by atoms with Gasteiger partial charge in [-0.1, -0.05) is 18.2 Å². The number of rotatable bonds is 7. The largest absolute Gasteiger partial charge is 0.378 e. The Labute approximate surface area is 164 Å². The van der Waals surface area contributed by atoms with Crippen LogP contribution < -0.4 is 14.9 Å². The standard InChI is InChI=1S/C18H23N5O4S/c1-28(25,26)20-8-7-16-15(17(24)21-14-5-3-2-4-6-14)13-19-18(22-16)23-9-11-27-12-10-23/h2-6,13,20H,7-12H2,1H3,(H,21,24). The molecule has 0 unspecified atom stereocenters. The second kappa shape index (κ2) is 9.09. The van der Waals surface area contributed by atoms with Crippen LogP contribution in [0, 0.1) is 0 Å². The summed E-state index contributed by atoms with van der Waals surface area (Å²) in [7, 11) is -3.33. The Morgan fingerprint density at radius 1 is 1.21 bits per heavy atom. The van der Waals surface area contributed by atoms with Crippen LogP contribution in [-0.4, -0.2) is 63.4 Å². The number of para-hydroxylation sites is 1. The lowest BCUT2D eigenvalue weighted by Crippen LogP contribution is -2.37. The summed E-state index contributed by atoms with van der Waals surface area (Å²) in [5.74, 6) is 0.169. The summed E-state index contributed by atoms with van der Waals surface area (Å²) in [6.07, 6.45) is 2.85. The van der Waals surface area contributed by atoms with E-state index >= 15 is 0 Å². The van der Waals surface area contributed by atoms with Crippen molar-refractivity contribution in [3.63, 3.8) is 0 Å². The number of benzene rings is 1. The molecule has 10 heteroatoms. The van der Waals surface area contributed by atoms with Gasteiger partial charge in [-0.25, -0.2) is 23.1 Å². The monoisotopic (exact) mass is 405 g/mol. The third-order valence-electron chi connectivity index (χ3n) is 4.15. The molecule has 2 heterocycles. The van der Waals surface area contributed by atoms with E-state index in [-0.39, 0.29) is 18.9 Å². The predicted molar refractivity (Wildman–Crippen MR) is 106 cm³/mol. The number of nitrogens with zero attached hydrogens (tertiary/aromatic N) is 3. The second-order valence-electron chi connectivity index (χ2n) is 6.37. The van der Waals surface area contributed by atoms with Crippen molar-refractivity contribution in [2.75, 3.05) is 49.3 Å². The summed E-state index contributed by atoms with van der Waals surface area (Å²) in [6, 6.07) is 9.07. The number of nitrogens with one attached hydrogen (secondary N) is 2. The number of amides is 1. The first-order valence-corrected chi connectivity index (χ1v) is 10.8. The average molecular weight is 405 g/mol. The van der Waals surface area contributed by atoms with Crippen molar-refractivity contribution in [3.8, 4) is 0 Å². The van der Waals surface area contributed by atoms with Gasteiger partial charge in [0.25, 0.3) is 5.91 Å². The SMILES string of the molecule is CS(=O)(=O)NCCc1nc(N2CCOCC2)ncc1C(=O)Nc1ccccc1. The van der Waals surface area contributed by atoms with Gasteiger partial charge in [0.15, 0.2) is 0 Å². The molecule has 2 N–H and O–H groups in total. The van der Waals surface area contributed by atoms with Gasteiger partial charge in [-0.05, 0) is 12.1 Å². The Bertz CT molecular complexity index is 915. The molecule has 1 aliphatic rings. The second-order valence-corrected chi connectivity index (χ2v) is 8.20. The van der Waals surface area contributed by atoms with Crippen molar-refractivity contribution in [1.29, 1.82) is 0 Å². The van der Waals surface area contributed by atoms with Crippen LogP contribution in [0.4, 0.5) is 11.6 Å². The molecule has 0 aliphatic carbocycles. The van der Waals surface area contributed by atoms with Gasteiger partial charge < -0.3 is 15.0 Å². The third-order valence-corrected chi connectivity index (χ3v) is 4.88. The number of morpholine rings is 1. The van der Waals surface area contributed by atoms with E-state index in [4.69, 9.17) is 4.74 Å². The van der Waals surface area contributed by atoms with E-state index in [9.17, 15) is 13.2 Å². The lowest BCUT2D eigenvalue weighted by atomic mass is 10.1. The van der Waals surface area contributed by atoms with E-state index in [2.05, 4.69) is 20.0 Å². The molecule has 1 aromatic heterocycles. The number of carbonyl (C=O) groups excluding carboxylic acids is 1. The van der Waals surface area contributed by atoms with Gasteiger partial charge in [0.2, 0.25) is 16.0 Å². The number of hydrogen-bond acceptors (Lipinski definition) is 7. The Morgan fingerprint density at radius 2 is 1.93 bits per heavy atom. The van der Waals surface area contributed by atoms with Crippen LogP contribution >= 0.6 is 0 Å². The fraction of sp³-hybridized carbons (Fsp3) is 0.389. The maximum atomic E-state index is 12.7. The summed E-state index contributed by atoms with van der Waals surface area (Å²) in [5, 5.41) is 2.81. The van der Waals surface area contributed by atoms with Gasteiger partial charge >= 0.3 is 0 Å². The highest BCUT2D eigenvalue weighted by Crippen LogP contribution is 2.16. The Kier molecular flexibility index (Phi) is 6.55. The molecule has 1 saturated heterocycles. The van der Waals surface area contributed by atoms with E-state index in [1.165, 1.54) is 6.20 Å². The zero-order chi connectivity index (χ0) is 20.0. The van der Waals surface area contributed by atoms with Crippen molar-refractivity contribution >= 4 is 27.6 Å². The van der Waals surface area contributed by atoms with E-state index in [1.54, 1.807) is 12.1 Å². The lowest BCUT2D eigenvalue weighted by Gasteiger charge is -2.27. The lowest BCUT2D eigenvalue weighted by molar-refractivity contribution is 0.102. The minimum atomic E-state index is -3.33. The van der Waals surface area contributed by atoms with E-state index in [0.717, 1.165) is 6.26 Å². The fourth-order valence-corrected chi connectivity index (χ4v) is 3.25.